The lowest BCUT2D eigenvalue weighted by molar-refractivity contribution is -0.126. The number of carbonyl (C=O) groups is 1. The zero-order valence-electron chi connectivity index (χ0n) is 12.7. The van der Waals surface area contributed by atoms with Gasteiger partial charge in [-0.3, -0.25) is 4.79 Å². The molecular formula is C15H23BrN2O2. The Labute approximate surface area is 129 Å². The molecule has 5 heteroatoms. The fourth-order valence-corrected chi connectivity index (χ4v) is 2.08. The molecule has 0 aliphatic rings. The molecule has 20 heavy (non-hydrogen) atoms. The maximum absolute atomic E-state index is 11.4. The molecule has 0 radical (unpaired) electrons. The second kappa shape index (κ2) is 7.09. The molecule has 0 saturated carbocycles. The largest absolute Gasteiger partial charge is 0.480 e. The van der Waals surface area contributed by atoms with Crippen molar-refractivity contribution in [2.24, 2.45) is 0 Å². The van der Waals surface area contributed by atoms with E-state index in [0.717, 1.165) is 16.6 Å². The van der Waals surface area contributed by atoms with Crippen LogP contribution < -0.4 is 15.4 Å². The summed E-state index contributed by atoms with van der Waals surface area (Å²) in [5.74, 6) is 0.524. The quantitative estimate of drug-likeness (QED) is 0.864. The van der Waals surface area contributed by atoms with E-state index in [9.17, 15) is 4.79 Å². The molecule has 0 aliphatic heterocycles. The average molecular weight is 343 g/mol. The number of benzene rings is 1. The first-order chi connectivity index (χ1) is 9.23. The van der Waals surface area contributed by atoms with Crippen molar-refractivity contribution >= 4 is 21.8 Å². The third kappa shape index (κ3) is 5.51. The van der Waals surface area contributed by atoms with Crippen LogP contribution in [-0.2, 0) is 11.3 Å². The lowest BCUT2D eigenvalue weighted by atomic mass is 10.1. The molecule has 0 bridgehead atoms. The van der Waals surface area contributed by atoms with Gasteiger partial charge in [-0.15, -0.1) is 0 Å². The summed E-state index contributed by atoms with van der Waals surface area (Å²) in [5, 5.41) is 5.99. The molecule has 0 aromatic heterocycles. The Balaban J connectivity index is 2.71. The van der Waals surface area contributed by atoms with Crippen molar-refractivity contribution < 1.29 is 9.53 Å². The van der Waals surface area contributed by atoms with E-state index in [4.69, 9.17) is 4.74 Å². The summed E-state index contributed by atoms with van der Waals surface area (Å²) in [4.78, 5) is 11.4. The highest BCUT2D eigenvalue weighted by Gasteiger charge is 2.15. The lowest BCUT2D eigenvalue weighted by Gasteiger charge is -2.21. The monoisotopic (exact) mass is 342 g/mol. The smallest absolute Gasteiger partial charge is 0.260 e. The Morgan fingerprint density at radius 1 is 1.40 bits per heavy atom. The highest BCUT2D eigenvalue weighted by molar-refractivity contribution is 9.10. The molecule has 0 heterocycles. The van der Waals surface area contributed by atoms with E-state index in [2.05, 4.69) is 47.3 Å². The van der Waals surface area contributed by atoms with Gasteiger partial charge in [-0.1, -0.05) is 6.07 Å². The van der Waals surface area contributed by atoms with E-state index < -0.39 is 6.10 Å². The Kier molecular flexibility index (Phi) is 6.02. The van der Waals surface area contributed by atoms with Crippen LogP contribution in [0.3, 0.4) is 0 Å². The van der Waals surface area contributed by atoms with Gasteiger partial charge in [-0.25, -0.2) is 0 Å². The van der Waals surface area contributed by atoms with Crippen LogP contribution in [0.25, 0.3) is 0 Å². The topological polar surface area (TPSA) is 50.4 Å². The van der Waals surface area contributed by atoms with E-state index in [1.165, 1.54) is 0 Å². The Bertz CT molecular complexity index is 469. The molecule has 0 spiro atoms. The molecule has 0 saturated heterocycles. The number of nitrogens with one attached hydrogen (secondary N) is 2. The molecule has 1 atom stereocenters. The van der Waals surface area contributed by atoms with Crippen LogP contribution in [0.5, 0.6) is 5.75 Å². The van der Waals surface area contributed by atoms with Gasteiger partial charge in [-0.05, 0) is 61.3 Å². The summed E-state index contributed by atoms with van der Waals surface area (Å²) in [6.07, 6.45) is -0.519. The Morgan fingerprint density at radius 3 is 2.55 bits per heavy atom. The van der Waals surface area contributed by atoms with E-state index in [0.29, 0.717) is 5.75 Å². The average Bonchev–Trinajstić information content (AvgIpc) is 2.37. The minimum atomic E-state index is -0.519. The molecule has 0 aliphatic carbocycles. The van der Waals surface area contributed by atoms with Gasteiger partial charge in [0.1, 0.15) is 5.75 Å². The third-order valence-corrected chi connectivity index (χ3v) is 3.36. The van der Waals surface area contributed by atoms with Crippen LogP contribution in [0.2, 0.25) is 0 Å². The molecule has 0 fully saturated rings. The molecule has 1 unspecified atom stereocenters. The van der Waals surface area contributed by atoms with Crippen LogP contribution in [-0.4, -0.2) is 24.6 Å². The minimum Gasteiger partial charge on any atom is -0.480 e. The van der Waals surface area contributed by atoms with Crippen molar-refractivity contribution in [2.75, 3.05) is 7.05 Å². The predicted molar refractivity (Wildman–Crippen MR) is 84.9 cm³/mol. The van der Waals surface area contributed by atoms with E-state index >= 15 is 0 Å². The molecule has 1 aromatic carbocycles. The number of amides is 1. The maximum atomic E-state index is 11.4. The molecule has 4 nitrogen and oxygen atoms in total. The summed E-state index contributed by atoms with van der Waals surface area (Å²) in [7, 11) is 1.60. The van der Waals surface area contributed by atoms with Crippen LogP contribution in [0.15, 0.2) is 22.7 Å². The molecule has 2 N–H and O–H groups in total. The Hall–Kier alpha value is -1.07. The van der Waals surface area contributed by atoms with Crippen LogP contribution in [0.4, 0.5) is 0 Å². The van der Waals surface area contributed by atoms with Crippen molar-refractivity contribution in [2.45, 2.75) is 45.9 Å². The molecular weight excluding hydrogens is 320 g/mol. The number of halogens is 1. The van der Waals surface area contributed by atoms with Gasteiger partial charge in [0.2, 0.25) is 0 Å². The standard InChI is InChI=1S/C15H23BrN2O2/c1-10(14(19)17-5)20-13-7-6-11(8-12(13)16)9-18-15(2,3)4/h6-8,10,18H,9H2,1-5H3,(H,17,19). The minimum absolute atomic E-state index is 0.0787. The fraction of sp³-hybridized carbons (Fsp3) is 0.533. The number of hydrogen-bond donors (Lipinski definition) is 2. The molecule has 112 valence electrons. The van der Waals surface area contributed by atoms with Crippen molar-refractivity contribution in [3.05, 3.63) is 28.2 Å². The van der Waals surface area contributed by atoms with Crippen molar-refractivity contribution in [1.29, 1.82) is 0 Å². The van der Waals surface area contributed by atoms with Crippen LogP contribution >= 0.6 is 15.9 Å². The van der Waals surface area contributed by atoms with Gasteiger partial charge in [0, 0.05) is 19.1 Å². The number of carbonyl (C=O) groups excluding carboxylic acids is 1. The molecule has 1 aromatic rings. The fourth-order valence-electron chi connectivity index (χ4n) is 1.56. The number of likely N-dealkylation sites (N-methyl/N-ethyl adjacent to an activating group) is 1. The zero-order valence-corrected chi connectivity index (χ0v) is 14.3. The summed E-state index contributed by atoms with van der Waals surface area (Å²) in [5.41, 5.74) is 1.24. The first kappa shape index (κ1) is 17.0. The van der Waals surface area contributed by atoms with Crippen LogP contribution in [0.1, 0.15) is 33.3 Å². The van der Waals surface area contributed by atoms with E-state index in [1.807, 2.05) is 18.2 Å². The van der Waals surface area contributed by atoms with Gasteiger partial charge in [0.05, 0.1) is 4.47 Å². The van der Waals surface area contributed by atoms with E-state index in [1.54, 1.807) is 14.0 Å². The maximum Gasteiger partial charge on any atom is 0.260 e. The van der Waals surface area contributed by atoms with Crippen LogP contribution in [0, 0.1) is 0 Å². The predicted octanol–water partition coefficient (Wildman–Crippen LogP) is 2.85. The number of rotatable bonds is 5. The summed E-state index contributed by atoms with van der Waals surface area (Å²) < 4.78 is 6.47. The van der Waals surface area contributed by atoms with Crippen molar-refractivity contribution in [3.63, 3.8) is 0 Å². The first-order valence-corrected chi connectivity index (χ1v) is 7.44. The second-order valence-electron chi connectivity index (χ2n) is 5.74. The molecule has 1 rings (SSSR count). The number of hydrogen-bond acceptors (Lipinski definition) is 3. The van der Waals surface area contributed by atoms with Gasteiger partial charge in [0.25, 0.3) is 5.91 Å². The van der Waals surface area contributed by atoms with E-state index in [-0.39, 0.29) is 11.4 Å². The Morgan fingerprint density at radius 2 is 2.05 bits per heavy atom. The number of ether oxygens (including phenoxy) is 1. The second-order valence-corrected chi connectivity index (χ2v) is 6.60. The lowest BCUT2D eigenvalue weighted by Crippen LogP contribution is -2.35. The van der Waals surface area contributed by atoms with Gasteiger partial charge in [0.15, 0.2) is 6.10 Å². The summed E-state index contributed by atoms with van der Waals surface area (Å²) in [6, 6.07) is 5.88. The normalized spacial score (nSPS) is 12.9. The third-order valence-electron chi connectivity index (χ3n) is 2.74. The van der Waals surface area contributed by atoms with Gasteiger partial charge >= 0.3 is 0 Å². The van der Waals surface area contributed by atoms with Gasteiger partial charge in [-0.2, -0.15) is 0 Å². The van der Waals surface area contributed by atoms with Crippen molar-refractivity contribution in [1.82, 2.24) is 10.6 Å². The molecule has 1 amide bonds. The zero-order chi connectivity index (χ0) is 15.3. The first-order valence-electron chi connectivity index (χ1n) is 6.64. The SMILES string of the molecule is CNC(=O)C(C)Oc1ccc(CNC(C)(C)C)cc1Br. The highest BCUT2D eigenvalue weighted by Crippen LogP contribution is 2.27. The highest BCUT2D eigenvalue weighted by atomic mass is 79.9. The van der Waals surface area contributed by atoms with Gasteiger partial charge < -0.3 is 15.4 Å². The summed E-state index contributed by atoms with van der Waals surface area (Å²) >= 11 is 3.48. The van der Waals surface area contributed by atoms with Crippen molar-refractivity contribution in [3.8, 4) is 5.75 Å². The summed E-state index contributed by atoms with van der Waals surface area (Å²) in [6.45, 7) is 8.90.